The second-order valence-electron chi connectivity index (χ2n) is 6.81. The molecule has 0 aromatic carbocycles. The third-order valence-electron chi connectivity index (χ3n) is 3.05. The van der Waals surface area contributed by atoms with E-state index in [0.29, 0.717) is 11.6 Å². The quantitative estimate of drug-likeness (QED) is 0.602. The summed E-state index contributed by atoms with van der Waals surface area (Å²) in [6, 6.07) is -0.329. The first-order valence-corrected chi connectivity index (χ1v) is 9.03. The molecule has 0 bridgehead atoms. The molecule has 0 saturated carbocycles. The van der Waals surface area contributed by atoms with Crippen LogP contribution in [0.2, 0.25) is 0 Å². The van der Waals surface area contributed by atoms with Crippen molar-refractivity contribution in [1.29, 1.82) is 0 Å². The van der Waals surface area contributed by atoms with Crippen LogP contribution >= 0.6 is 11.3 Å². The molecule has 0 saturated heterocycles. The summed E-state index contributed by atoms with van der Waals surface area (Å²) in [7, 11) is 1.67. The second-order valence-corrected chi connectivity index (χ2v) is 7.67. The van der Waals surface area contributed by atoms with Gasteiger partial charge in [-0.25, -0.2) is 14.6 Å². The summed E-state index contributed by atoms with van der Waals surface area (Å²) in [6.07, 6.45) is -0.424. The van der Waals surface area contributed by atoms with Crippen LogP contribution in [-0.4, -0.2) is 47.2 Å². The van der Waals surface area contributed by atoms with Crippen molar-refractivity contribution < 1.29 is 19.1 Å². The molecule has 1 heterocycles. The Labute approximate surface area is 153 Å². The van der Waals surface area contributed by atoms with E-state index >= 15 is 0 Å². The minimum Gasteiger partial charge on any atom is -0.461 e. The first-order chi connectivity index (χ1) is 11.5. The first-order valence-electron chi connectivity index (χ1n) is 8.15. The predicted molar refractivity (Wildman–Crippen MR) is 97.6 cm³/mol. The number of aromatic nitrogens is 1. The van der Waals surface area contributed by atoms with E-state index in [9.17, 15) is 9.59 Å². The van der Waals surface area contributed by atoms with Gasteiger partial charge in [-0.3, -0.25) is 4.90 Å². The Morgan fingerprint density at radius 2 is 2.00 bits per heavy atom. The van der Waals surface area contributed by atoms with Gasteiger partial charge in [0.15, 0.2) is 10.7 Å². The molecule has 6 nitrogen and oxygen atoms in total. The standard InChI is InChI=1S/C18H26N2O4S/c1-8-23-16(21)13-11-25-15(19-13)10-9-14(12(2)3)20(7)17(22)24-18(4,5)6/h11-12,14H,8H2,1-7H3/t14-/m1/s1. The lowest BCUT2D eigenvalue weighted by Crippen LogP contribution is -2.42. The molecule has 0 aliphatic carbocycles. The molecule has 0 spiro atoms. The summed E-state index contributed by atoms with van der Waals surface area (Å²) in [4.78, 5) is 29.5. The molecule has 0 aliphatic rings. The molecule has 1 aromatic heterocycles. The molecule has 1 amide bonds. The van der Waals surface area contributed by atoms with Crippen LogP contribution in [0.25, 0.3) is 0 Å². The Hall–Kier alpha value is -2.07. The number of rotatable bonds is 4. The molecular weight excluding hydrogens is 340 g/mol. The molecule has 0 unspecified atom stereocenters. The van der Waals surface area contributed by atoms with Crippen molar-refractivity contribution in [3.63, 3.8) is 0 Å². The number of esters is 1. The SMILES string of the molecule is CCOC(=O)c1csc(C#C[C@H](C(C)C)N(C)C(=O)OC(C)(C)C)n1. The van der Waals surface area contributed by atoms with Gasteiger partial charge in [0.05, 0.1) is 12.6 Å². The van der Waals surface area contributed by atoms with Crippen LogP contribution in [0.15, 0.2) is 5.38 Å². The van der Waals surface area contributed by atoms with Gasteiger partial charge in [-0.15, -0.1) is 11.3 Å². The van der Waals surface area contributed by atoms with Crippen LogP contribution in [0.1, 0.15) is 57.0 Å². The molecule has 0 fully saturated rings. The van der Waals surface area contributed by atoms with Crippen molar-refractivity contribution in [3.8, 4) is 11.8 Å². The summed E-state index contributed by atoms with van der Waals surface area (Å²) in [5, 5.41) is 2.12. The number of ether oxygens (including phenoxy) is 2. The van der Waals surface area contributed by atoms with Crippen LogP contribution in [0.5, 0.6) is 0 Å². The van der Waals surface area contributed by atoms with E-state index in [2.05, 4.69) is 16.8 Å². The highest BCUT2D eigenvalue weighted by atomic mass is 32.1. The largest absolute Gasteiger partial charge is 0.461 e. The van der Waals surface area contributed by atoms with Crippen LogP contribution in [0, 0.1) is 17.8 Å². The van der Waals surface area contributed by atoms with Gasteiger partial charge in [0.2, 0.25) is 0 Å². The maximum Gasteiger partial charge on any atom is 0.411 e. The average Bonchev–Trinajstić information content (AvgIpc) is 2.94. The zero-order chi connectivity index (χ0) is 19.2. The number of carbonyl (C=O) groups excluding carboxylic acids is 2. The maximum atomic E-state index is 12.2. The van der Waals surface area contributed by atoms with Crippen molar-refractivity contribution >= 4 is 23.4 Å². The third kappa shape index (κ3) is 6.75. The monoisotopic (exact) mass is 366 g/mol. The van der Waals surface area contributed by atoms with E-state index in [0.717, 1.165) is 0 Å². The van der Waals surface area contributed by atoms with Crippen molar-refractivity contribution in [1.82, 2.24) is 9.88 Å². The lowest BCUT2D eigenvalue weighted by molar-refractivity contribution is 0.0231. The highest BCUT2D eigenvalue weighted by Crippen LogP contribution is 2.15. The lowest BCUT2D eigenvalue weighted by Gasteiger charge is -2.30. The highest BCUT2D eigenvalue weighted by molar-refractivity contribution is 7.10. The third-order valence-corrected chi connectivity index (χ3v) is 3.80. The summed E-state index contributed by atoms with van der Waals surface area (Å²) >= 11 is 1.27. The van der Waals surface area contributed by atoms with Crippen LogP contribution in [0.3, 0.4) is 0 Å². The van der Waals surface area contributed by atoms with Crippen molar-refractivity contribution in [3.05, 3.63) is 16.1 Å². The Morgan fingerprint density at radius 1 is 1.36 bits per heavy atom. The van der Waals surface area contributed by atoms with Gasteiger partial charge in [0, 0.05) is 12.4 Å². The van der Waals surface area contributed by atoms with Gasteiger partial charge in [0.1, 0.15) is 5.60 Å². The van der Waals surface area contributed by atoms with Gasteiger partial charge in [-0.2, -0.15) is 0 Å². The highest BCUT2D eigenvalue weighted by Gasteiger charge is 2.26. The number of hydrogen-bond donors (Lipinski definition) is 0. The number of carbonyl (C=O) groups is 2. The molecule has 0 aliphatic heterocycles. The molecule has 138 valence electrons. The average molecular weight is 366 g/mol. The summed E-state index contributed by atoms with van der Waals surface area (Å²) in [5.74, 6) is 5.65. The van der Waals surface area contributed by atoms with Gasteiger partial charge in [-0.05, 0) is 39.5 Å². The normalized spacial score (nSPS) is 12.2. The molecule has 1 rings (SSSR count). The molecular formula is C18H26N2O4S. The van der Waals surface area contributed by atoms with Gasteiger partial charge < -0.3 is 9.47 Å². The van der Waals surface area contributed by atoms with E-state index in [-0.39, 0.29) is 17.7 Å². The Balaban J connectivity index is 2.91. The predicted octanol–water partition coefficient (Wildman–Crippen LogP) is 3.56. The van der Waals surface area contributed by atoms with E-state index in [4.69, 9.17) is 9.47 Å². The summed E-state index contributed by atoms with van der Waals surface area (Å²) in [6.45, 7) is 11.5. The van der Waals surface area contributed by atoms with Crippen LogP contribution in [-0.2, 0) is 9.47 Å². The van der Waals surface area contributed by atoms with E-state index in [1.54, 1.807) is 19.4 Å². The lowest BCUT2D eigenvalue weighted by atomic mass is 10.0. The summed E-state index contributed by atoms with van der Waals surface area (Å²) in [5.41, 5.74) is -0.317. The van der Waals surface area contributed by atoms with Gasteiger partial charge in [0.25, 0.3) is 0 Å². The van der Waals surface area contributed by atoms with Crippen LogP contribution in [0.4, 0.5) is 4.79 Å². The Bertz CT molecular complexity index is 665. The molecule has 1 aromatic rings. The van der Waals surface area contributed by atoms with Crippen molar-refractivity contribution in [2.45, 2.75) is 53.2 Å². The fourth-order valence-corrected chi connectivity index (χ4v) is 2.56. The molecule has 0 radical (unpaired) electrons. The Kier molecular flexibility index (Phi) is 7.43. The molecule has 7 heteroatoms. The molecule has 1 atom stereocenters. The number of hydrogen-bond acceptors (Lipinski definition) is 6. The molecule has 25 heavy (non-hydrogen) atoms. The van der Waals surface area contributed by atoms with E-state index in [1.807, 2.05) is 34.6 Å². The van der Waals surface area contributed by atoms with E-state index < -0.39 is 17.7 Å². The zero-order valence-electron chi connectivity index (χ0n) is 15.9. The smallest absolute Gasteiger partial charge is 0.411 e. The number of thiazole rings is 1. The van der Waals surface area contributed by atoms with Crippen LogP contribution < -0.4 is 0 Å². The zero-order valence-corrected chi connectivity index (χ0v) is 16.7. The summed E-state index contributed by atoms with van der Waals surface area (Å²) < 4.78 is 10.3. The first kappa shape index (κ1) is 21.0. The fourth-order valence-electron chi connectivity index (χ4n) is 1.92. The second kappa shape index (κ2) is 8.86. The maximum absolute atomic E-state index is 12.2. The van der Waals surface area contributed by atoms with Crippen molar-refractivity contribution in [2.75, 3.05) is 13.7 Å². The topological polar surface area (TPSA) is 68.7 Å². The minimum absolute atomic E-state index is 0.106. The van der Waals surface area contributed by atoms with Crippen molar-refractivity contribution in [2.24, 2.45) is 5.92 Å². The van der Waals surface area contributed by atoms with Gasteiger partial charge in [-0.1, -0.05) is 19.8 Å². The Morgan fingerprint density at radius 3 is 2.52 bits per heavy atom. The number of nitrogens with zero attached hydrogens (tertiary/aromatic N) is 2. The molecule has 0 N–H and O–H groups in total. The van der Waals surface area contributed by atoms with Gasteiger partial charge >= 0.3 is 12.1 Å². The minimum atomic E-state index is -0.565. The fraction of sp³-hybridized carbons (Fsp3) is 0.611. The van der Waals surface area contributed by atoms with E-state index in [1.165, 1.54) is 16.2 Å². The number of amides is 1.